The van der Waals surface area contributed by atoms with E-state index < -0.39 is 0 Å². The van der Waals surface area contributed by atoms with Crippen LogP contribution < -0.4 is 5.32 Å². The van der Waals surface area contributed by atoms with Gasteiger partial charge in [-0.3, -0.25) is 4.79 Å². The molecule has 0 spiro atoms. The Balaban J connectivity index is 2.13. The van der Waals surface area contributed by atoms with E-state index in [9.17, 15) is 4.79 Å². The van der Waals surface area contributed by atoms with E-state index in [1.807, 2.05) is 20.8 Å². The Bertz CT molecular complexity index is 572. The highest BCUT2D eigenvalue weighted by Crippen LogP contribution is 2.24. The number of aromatic nitrogens is 3. The summed E-state index contributed by atoms with van der Waals surface area (Å²) in [5.74, 6) is 0.697. The first kappa shape index (κ1) is 13.2. The average Bonchev–Trinajstić information content (AvgIpc) is 2.85. The molecular weight excluding hydrogens is 320 g/mol. The molecule has 0 aliphatic rings. The molecule has 0 radical (unpaired) electrons. The minimum Gasteiger partial charge on any atom is -0.359 e. The topological polar surface area (TPSA) is 80.9 Å². The fourth-order valence-corrected chi connectivity index (χ4v) is 2.21. The number of carbonyl (C=O) groups excluding carboxylic acids is 1. The summed E-state index contributed by atoms with van der Waals surface area (Å²) in [6.07, 6.45) is 0. The van der Waals surface area contributed by atoms with Crippen LogP contribution in [0.1, 0.15) is 37.0 Å². The van der Waals surface area contributed by atoms with E-state index in [2.05, 4.69) is 35.2 Å². The van der Waals surface area contributed by atoms with E-state index in [1.54, 1.807) is 6.07 Å². The molecule has 0 fully saturated rings. The highest BCUT2D eigenvalue weighted by molar-refractivity contribution is 9.10. The van der Waals surface area contributed by atoms with Crippen LogP contribution in [0.4, 0.5) is 5.82 Å². The van der Waals surface area contributed by atoms with Gasteiger partial charge in [-0.1, -0.05) is 25.9 Å². The van der Waals surface area contributed by atoms with Crippen molar-refractivity contribution < 1.29 is 9.32 Å². The Morgan fingerprint density at radius 2 is 2.17 bits per heavy atom. The third-order valence-electron chi connectivity index (χ3n) is 2.15. The van der Waals surface area contributed by atoms with Gasteiger partial charge >= 0.3 is 0 Å². The summed E-state index contributed by atoms with van der Waals surface area (Å²) in [6.45, 7) is 6.00. The van der Waals surface area contributed by atoms with Crippen LogP contribution in [0.3, 0.4) is 0 Å². The van der Waals surface area contributed by atoms with Crippen LogP contribution in [-0.4, -0.2) is 19.8 Å². The van der Waals surface area contributed by atoms with Crippen molar-refractivity contribution in [2.75, 3.05) is 5.32 Å². The zero-order chi connectivity index (χ0) is 13.3. The summed E-state index contributed by atoms with van der Waals surface area (Å²) < 4.78 is 13.3. The molecule has 0 unspecified atom stereocenters. The molecule has 2 heterocycles. The number of halogens is 1. The van der Waals surface area contributed by atoms with Gasteiger partial charge in [0.15, 0.2) is 16.1 Å². The third kappa shape index (κ3) is 2.75. The molecule has 0 aliphatic carbocycles. The van der Waals surface area contributed by atoms with E-state index >= 15 is 0 Å². The van der Waals surface area contributed by atoms with Crippen molar-refractivity contribution in [1.29, 1.82) is 0 Å². The van der Waals surface area contributed by atoms with Crippen molar-refractivity contribution >= 4 is 39.4 Å². The molecule has 96 valence electrons. The third-order valence-corrected chi connectivity index (χ3v) is 3.47. The SMILES string of the molecule is CC(C)(C)c1cc(NC(=O)c2nsnc2Br)no1. The molecule has 8 heteroatoms. The molecule has 0 aromatic carbocycles. The lowest BCUT2D eigenvalue weighted by Gasteiger charge is -2.11. The first-order valence-electron chi connectivity index (χ1n) is 5.14. The summed E-state index contributed by atoms with van der Waals surface area (Å²) in [5, 5.41) is 6.40. The highest BCUT2D eigenvalue weighted by Gasteiger charge is 2.21. The summed E-state index contributed by atoms with van der Waals surface area (Å²) in [5.41, 5.74) is 0.0824. The van der Waals surface area contributed by atoms with Gasteiger partial charge in [-0.2, -0.15) is 8.75 Å². The van der Waals surface area contributed by atoms with E-state index in [0.717, 1.165) is 11.7 Å². The number of amides is 1. The lowest BCUT2D eigenvalue weighted by molar-refractivity contribution is 0.102. The van der Waals surface area contributed by atoms with Crippen LogP contribution in [0.15, 0.2) is 15.2 Å². The summed E-state index contributed by atoms with van der Waals surface area (Å²) in [6, 6.07) is 1.70. The smallest absolute Gasteiger partial charge is 0.279 e. The number of anilines is 1. The molecule has 0 saturated carbocycles. The predicted octanol–water partition coefficient (Wildman–Crippen LogP) is 2.84. The Morgan fingerprint density at radius 1 is 1.44 bits per heavy atom. The largest absolute Gasteiger partial charge is 0.359 e. The number of hydrogen-bond donors (Lipinski definition) is 1. The van der Waals surface area contributed by atoms with Gasteiger partial charge in [0.25, 0.3) is 5.91 Å². The first-order valence-corrected chi connectivity index (χ1v) is 6.67. The summed E-state index contributed by atoms with van der Waals surface area (Å²) >= 11 is 4.11. The van der Waals surface area contributed by atoms with Crippen LogP contribution in [-0.2, 0) is 5.41 Å². The van der Waals surface area contributed by atoms with Crippen molar-refractivity contribution in [1.82, 2.24) is 13.9 Å². The van der Waals surface area contributed by atoms with Crippen LogP contribution >= 0.6 is 27.7 Å². The quantitative estimate of drug-likeness (QED) is 0.915. The molecule has 2 aromatic rings. The molecule has 0 saturated heterocycles. The van der Waals surface area contributed by atoms with Gasteiger partial charge in [0.2, 0.25) is 0 Å². The number of nitrogens with one attached hydrogen (secondary N) is 1. The Kier molecular flexibility index (Phi) is 3.49. The van der Waals surface area contributed by atoms with Crippen molar-refractivity contribution in [2.24, 2.45) is 0 Å². The van der Waals surface area contributed by atoms with Crippen molar-refractivity contribution in [3.8, 4) is 0 Å². The average molecular weight is 331 g/mol. The first-order chi connectivity index (χ1) is 8.38. The van der Waals surface area contributed by atoms with Crippen LogP contribution in [0, 0.1) is 0 Å². The molecule has 1 amide bonds. The van der Waals surface area contributed by atoms with Gasteiger partial charge < -0.3 is 9.84 Å². The predicted molar refractivity (Wildman–Crippen MR) is 70.8 cm³/mol. The molecule has 2 aromatic heterocycles. The molecule has 0 aliphatic heterocycles. The standard InChI is InChI=1S/C10H11BrN4O2S/c1-10(2,3)5-4-6(13-17-5)12-9(16)7-8(11)15-18-14-7/h4H,1-3H3,(H,12,13,16). The Hall–Kier alpha value is -1.28. The van der Waals surface area contributed by atoms with E-state index in [0.29, 0.717) is 16.2 Å². The minimum absolute atomic E-state index is 0.154. The Morgan fingerprint density at radius 3 is 2.67 bits per heavy atom. The lowest BCUT2D eigenvalue weighted by atomic mass is 9.93. The molecule has 2 rings (SSSR count). The molecule has 0 bridgehead atoms. The number of nitrogens with zero attached hydrogens (tertiary/aromatic N) is 3. The van der Waals surface area contributed by atoms with Crippen LogP contribution in [0.5, 0.6) is 0 Å². The maximum atomic E-state index is 11.8. The van der Waals surface area contributed by atoms with E-state index in [1.165, 1.54) is 0 Å². The van der Waals surface area contributed by atoms with Gasteiger partial charge in [-0.05, 0) is 15.9 Å². The number of carbonyl (C=O) groups is 1. The van der Waals surface area contributed by atoms with Crippen LogP contribution in [0.25, 0.3) is 0 Å². The second-order valence-electron chi connectivity index (χ2n) is 4.68. The van der Waals surface area contributed by atoms with Gasteiger partial charge in [0.05, 0.1) is 11.7 Å². The van der Waals surface area contributed by atoms with Crippen molar-refractivity contribution in [3.05, 3.63) is 22.1 Å². The van der Waals surface area contributed by atoms with Gasteiger partial charge in [-0.25, -0.2) is 0 Å². The fraction of sp³-hybridized carbons (Fsp3) is 0.400. The molecule has 0 atom stereocenters. The van der Waals surface area contributed by atoms with E-state index in [-0.39, 0.29) is 17.0 Å². The van der Waals surface area contributed by atoms with Gasteiger partial charge in [-0.15, -0.1) is 0 Å². The molecule has 6 nitrogen and oxygen atoms in total. The zero-order valence-electron chi connectivity index (χ0n) is 10.0. The highest BCUT2D eigenvalue weighted by atomic mass is 79.9. The maximum Gasteiger partial charge on any atom is 0.279 e. The summed E-state index contributed by atoms with van der Waals surface area (Å²) in [7, 11) is 0. The normalized spacial score (nSPS) is 11.6. The zero-order valence-corrected chi connectivity index (χ0v) is 12.4. The summed E-state index contributed by atoms with van der Waals surface area (Å²) in [4.78, 5) is 11.8. The van der Waals surface area contributed by atoms with Crippen molar-refractivity contribution in [3.63, 3.8) is 0 Å². The molecular formula is C10H11BrN4O2S. The second kappa shape index (κ2) is 4.77. The fourth-order valence-electron chi connectivity index (χ4n) is 1.18. The maximum absolute atomic E-state index is 11.8. The van der Waals surface area contributed by atoms with Crippen molar-refractivity contribution in [2.45, 2.75) is 26.2 Å². The number of rotatable bonds is 2. The minimum atomic E-state index is -0.371. The van der Waals surface area contributed by atoms with E-state index in [4.69, 9.17) is 4.52 Å². The monoisotopic (exact) mass is 330 g/mol. The molecule has 1 N–H and O–H groups in total. The Labute approximate surface area is 116 Å². The van der Waals surface area contributed by atoms with Gasteiger partial charge in [0, 0.05) is 11.5 Å². The number of hydrogen-bond acceptors (Lipinski definition) is 6. The van der Waals surface area contributed by atoms with Gasteiger partial charge in [0.1, 0.15) is 5.76 Å². The lowest BCUT2D eigenvalue weighted by Crippen LogP contribution is -2.13. The molecule has 18 heavy (non-hydrogen) atoms. The second-order valence-corrected chi connectivity index (χ2v) is 5.96. The van der Waals surface area contributed by atoms with Crippen LogP contribution in [0.2, 0.25) is 0 Å².